The van der Waals surface area contributed by atoms with Crippen LogP contribution in [0.3, 0.4) is 0 Å². The van der Waals surface area contributed by atoms with Gasteiger partial charge in [-0.3, -0.25) is 5.32 Å². The van der Waals surface area contributed by atoms with Gasteiger partial charge in [-0.25, -0.2) is 0 Å². The lowest BCUT2D eigenvalue weighted by Crippen LogP contribution is -2.37. The number of benzene rings is 1. The van der Waals surface area contributed by atoms with E-state index in [2.05, 4.69) is 35.3 Å². The molecule has 1 saturated heterocycles. The Bertz CT molecular complexity index is 399. The number of fused-ring (bicyclic) bond motifs is 2. The maximum atomic E-state index is 5.35. The van der Waals surface area contributed by atoms with Gasteiger partial charge in [-0.1, -0.05) is 6.07 Å². The van der Waals surface area contributed by atoms with Crippen LogP contribution in [0.1, 0.15) is 24.0 Å². The minimum absolute atomic E-state index is 0.183. The summed E-state index contributed by atoms with van der Waals surface area (Å²) in [5.74, 6) is 2.20. The third-order valence-electron chi connectivity index (χ3n) is 3.59. The Kier molecular flexibility index (Phi) is 2.60. The average molecular weight is 235 g/mol. The summed E-state index contributed by atoms with van der Waals surface area (Å²) in [5, 5.41) is 3.69. The molecule has 2 aliphatic rings. The molecule has 3 rings (SSSR count). The van der Waals surface area contributed by atoms with Crippen LogP contribution in [-0.2, 0) is 11.3 Å². The number of ether oxygens (including phenoxy) is 1. The van der Waals surface area contributed by atoms with Crippen molar-refractivity contribution in [3.05, 3.63) is 29.3 Å². The van der Waals surface area contributed by atoms with Gasteiger partial charge in [-0.2, -0.15) is 0 Å². The normalized spacial score (nSPS) is 28.1. The Morgan fingerprint density at radius 1 is 1.44 bits per heavy atom. The van der Waals surface area contributed by atoms with Crippen molar-refractivity contribution in [2.24, 2.45) is 0 Å². The highest BCUT2D eigenvalue weighted by Crippen LogP contribution is 2.47. The van der Waals surface area contributed by atoms with Gasteiger partial charge in [0, 0.05) is 12.3 Å². The molecule has 1 unspecified atom stereocenters. The highest BCUT2D eigenvalue weighted by molar-refractivity contribution is 8.00. The largest absolute Gasteiger partial charge is 0.497 e. The molecule has 1 aromatic rings. The van der Waals surface area contributed by atoms with E-state index in [9.17, 15) is 0 Å². The fourth-order valence-electron chi connectivity index (χ4n) is 2.80. The fourth-order valence-corrected chi connectivity index (χ4v) is 4.19. The van der Waals surface area contributed by atoms with Crippen molar-refractivity contribution in [2.45, 2.75) is 24.1 Å². The number of aryl methyl sites for hydroxylation is 1. The molecule has 1 aliphatic carbocycles. The predicted molar refractivity (Wildman–Crippen MR) is 68.1 cm³/mol. The molecule has 1 fully saturated rings. The monoisotopic (exact) mass is 235 g/mol. The summed E-state index contributed by atoms with van der Waals surface area (Å²) in [6.07, 6.45) is 3.75. The molecular formula is C13H17NOS. The van der Waals surface area contributed by atoms with E-state index < -0.39 is 0 Å². The Morgan fingerprint density at radius 3 is 3.12 bits per heavy atom. The first-order valence-corrected chi connectivity index (χ1v) is 6.89. The molecule has 0 bridgehead atoms. The van der Waals surface area contributed by atoms with E-state index in [1.165, 1.54) is 36.1 Å². The molecule has 1 aliphatic heterocycles. The average Bonchev–Trinajstić information content (AvgIpc) is 2.79. The van der Waals surface area contributed by atoms with Gasteiger partial charge in [0.05, 0.1) is 12.0 Å². The van der Waals surface area contributed by atoms with E-state index in [-0.39, 0.29) is 4.87 Å². The van der Waals surface area contributed by atoms with Crippen molar-refractivity contribution in [3.8, 4) is 5.75 Å². The molecule has 1 N–H and O–H groups in total. The van der Waals surface area contributed by atoms with Crippen molar-refractivity contribution in [2.75, 3.05) is 19.4 Å². The standard InChI is InChI=1S/C13H17NOS/c1-15-11-5-4-10-3-2-6-13(12(10)9-11)14-7-8-16-13/h4-5,9,14H,2-3,6-8H2,1H3. The molecule has 0 amide bonds. The van der Waals surface area contributed by atoms with Crippen LogP contribution < -0.4 is 10.1 Å². The highest BCUT2D eigenvalue weighted by Gasteiger charge is 2.39. The van der Waals surface area contributed by atoms with Crippen LogP contribution in [-0.4, -0.2) is 19.4 Å². The minimum Gasteiger partial charge on any atom is -0.497 e. The van der Waals surface area contributed by atoms with Crippen LogP contribution in [0.15, 0.2) is 18.2 Å². The molecule has 1 heterocycles. The lowest BCUT2D eigenvalue weighted by atomic mass is 9.87. The summed E-state index contributed by atoms with van der Waals surface area (Å²) in [7, 11) is 1.74. The highest BCUT2D eigenvalue weighted by atomic mass is 32.2. The van der Waals surface area contributed by atoms with Crippen LogP contribution in [0.2, 0.25) is 0 Å². The second-order valence-corrected chi connectivity index (χ2v) is 5.87. The van der Waals surface area contributed by atoms with E-state index in [1.54, 1.807) is 7.11 Å². The Morgan fingerprint density at radius 2 is 2.38 bits per heavy atom. The predicted octanol–water partition coefficient (Wildman–Crippen LogP) is 2.52. The van der Waals surface area contributed by atoms with E-state index in [4.69, 9.17) is 4.74 Å². The Hall–Kier alpha value is -0.670. The molecule has 2 nitrogen and oxygen atoms in total. The molecule has 3 heteroatoms. The van der Waals surface area contributed by atoms with Gasteiger partial charge in [0.25, 0.3) is 0 Å². The SMILES string of the molecule is COc1ccc2c(c1)C1(CCC2)NCCS1. The van der Waals surface area contributed by atoms with Crippen molar-refractivity contribution >= 4 is 11.8 Å². The van der Waals surface area contributed by atoms with Crippen molar-refractivity contribution in [3.63, 3.8) is 0 Å². The first-order valence-electron chi connectivity index (χ1n) is 5.90. The van der Waals surface area contributed by atoms with Crippen LogP contribution in [0, 0.1) is 0 Å². The number of thioether (sulfide) groups is 1. The molecule has 0 radical (unpaired) electrons. The van der Waals surface area contributed by atoms with Gasteiger partial charge >= 0.3 is 0 Å². The van der Waals surface area contributed by atoms with Gasteiger partial charge in [-0.15, -0.1) is 11.8 Å². The van der Waals surface area contributed by atoms with Crippen molar-refractivity contribution < 1.29 is 4.74 Å². The summed E-state index contributed by atoms with van der Waals surface area (Å²) in [5.41, 5.74) is 2.95. The second kappa shape index (κ2) is 3.97. The van der Waals surface area contributed by atoms with Crippen LogP contribution in [0.25, 0.3) is 0 Å². The summed E-state index contributed by atoms with van der Waals surface area (Å²) in [6.45, 7) is 1.13. The van der Waals surface area contributed by atoms with Gasteiger partial charge < -0.3 is 4.74 Å². The topological polar surface area (TPSA) is 21.3 Å². The molecule has 0 aromatic heterocycles. The third-order valence-corrected chi connectivity index (χ3v) is 5.06. The number of hydrogen-bond acceptors (Lipinski definition) is 3. The number of methoxy groups -OCH3 is 1. The number of nitrogens with one attached hydrogen (secondary N) is 1. The van der Waals surface area contributed by atoms with E-state index in [1.807, 2.05) is 0 Å². The fraction of sp³-hybridized carbons (Fsp3) is 0.538. The minimum atomic E-state index is 0.183. The summed E-state index contributed by atoms with van der Waals surface area (Å²) in [4.78, 5) is 0.183. The smallest absolute Gasteiger partial charge is 0.119 e. The van der Waals surface area contributed by atoms with Gasteiger partial charge in [0.1, 0.15) is 5.75 Å². The molecule has 1 aromatic carbocycles. The lowest BCUT2D eigenvalue weighted by Gasteiger charge is -2.35. The first kappa shape index (κ1) is 10.5. The maximum absolute atomic E-state index is 5.35. The van der Waals surface area contributed by atoms with Gasteiger partial charge in [0.15, 0.2) is 0 Å². The van der Waals surface area contributed by atoms with Crippen LogP contribution in [0.5, 0.6) is 5.75 Å². The van der Waals surface area contributed by atoms with E-state index in [0.29, 0.717) is 0 Å². The zero-order chi connectivity index (χ0) is 11.0. The van der Waals surface area contributed by atoms with E-state index in [0.717, 1.165) is 12.3 Å². The van der Waals surface area contributed by atoms with Crippen LogP contribution in [0.4, 0.5) is 0 Å². The van der Waals surface area contributed by atoms with Crippen molar-refractivity contribution in [1.29, 1.82) is 0 Å². The molecule has 86 valence electrons. The second-order valence-electron chi connectivity index (χ2n) is 4.48. The lowest BCUT2D eigenvalue weighted by molar-refractivity contribution is 0.406. The zero-order valence-electron chi connectivity index (χ0n) is 9.58. The maximum Gasteiger partial charge on any atom is 0.119 e. The summed E-state index contributed by atoms with van der Waals surface area (Å²) >= 11 is 2.06. The quantitative estimate of drug-likeness (QED) is 0.808. The zero-order valence-corrected chi connectivity index (χ0v) is 10.4. The third kappa shape index (κ3) is 1.54. The Labute approximate surface area is 101 Å². The van der Waals surface area contributed by atoms with Crippen molar-refractivity contribution in [1.82, 2.24) is 5.32 Å². The molecule has 1 spiro atoms. The molecule has 0 saturated carbocycles. The van der Waals surface area contributed by atoms with E-state index >= 15 is 0 Å². The molecule has 1 atom stereocenters. The number of hydrogen-bond donors (Lipinski definition) is 1. The van der Waals surface area contributed by atoms with Gasteiger partial charge in [0.2, 0.25) is 0 Å². The van der Waals surface area contributed by atoms with Crippen LogP contribution >= 0.6 is 11.8 Å². The first-order chi connectivity index (χ1) is 7.84. The molecule has 16 heavy (non-hydrogen) atoms. The summed E-state index contributed by atoms with van der Waals surface area (Å²) < 4.78 is 5.35. The summed E-state index contributed by atoms with van der Waals surface area (Å²) in [6, 6.07) is 6.53. The molecular weight excluding hydrogens is 218 g/mol. The van der Waals surface area contributed by atoms with Gasteiger partial charge in [-0.05, 0) is 42.5 Å². The number of rotatable bonds is 1. The Balaban J connectivity index is 2.08.